The van der Waals surface area contributed by atoms with Crippen molar-refractivity contribution in [3.8, 4) is 0 Å². The molecule has 1 amide bonds. The first-order chi connectivity index (χ1) is 10.5. The molecular weight excluding hydrogens is 302 g/mol. The molecule has 0 saturated carbocycles. The standard InChI is InChI=1S/C17H24ClNO3/c1-3-11(4-2)14-9-19(17(21)22)10-15(20)16(14)12-5-7-13(18)8-6-12/h5-8,11,14-16,20H,3-4,9-10H2,1-2H3,(H,21,22). The highest BCUT2D eigenvalue weighted by Gasteiger charge is 2.41. The van der Waals surface area contributed by atoms with Crippen LogP contribution in [0.2, 0.25) is 5.02 Å². The summed E-state index contributed by atoms with van der Waals surface area (Å²) in [6.45, 7) is 4.89. The van der Waals surface area contributed by atoms with Crippen molar-refractivity contribution in [1.29, 1.82) is 0 Å². The molecule has 1 aliphatic rings. The number of nitrogens with zero attached hydrogens (tertiary/aromatic N) is 1. The van der Waals surface area contributed by atoms with E-state index in [2.05, 4.69) is 13.8 Å². The molecule has 0 radical (unpaired) electrons. The van der Waals surface area contributed by atoms with Gasteiger partial charge in [-0.15, -0.1) is 0 Å². The van der Waals surface area contributed by atoms with Crippen LogP contribution in [0.5, 0.6) is 0 Å². The number of hydrogen-bond acceptors (Lipinski definition) is 2. The lowest BCUT2D eigenvalue weighted by Gasteiger charge is -2.44. The number of likely N-dealkylation sites (tertiary alicyclic amines) is 1. The van der Waals surface area contributed by atoms with E-state index in [4.69, 9.17) is 11.6 Å². The van der Waals surface area contributed by atoms with Crippen LogP contribution in [0.1, 0.15) is 38.2 Å². The van der Waals surface area contributed by atoms with E-state index in [-0.39, 0.29) is 18.4 Å². The minimum Gasteiger partial charge on any atom is -0.465 e. The van der Waals surface area contributed by atoms with Gasteiger partial charge < -0.3 is 15.1 Å². The smallest absolute Gasteiger partial charge is 0.407 e. The molecule has 1 aromatic carbocycles. The Labute approximate surface area is 136 Å². The highest BCUT2D eigenvalue weighted by atomic mass is 35.5. The maximum atomic E-state index is 11.3. The van der Waals surface area contributed by atoms with E-state index in [9.17, 15) is 15.0 Å². The van der Waals surface area contributed by atoms with Gasteiger partial charge in [-0.05, 0) is 29.5 Å². The molecule has 0 aliphatic carbocycles. The summed E-state index contributed by atoms with van der Waals surface area (Å²) in [4.78, 5) is 12.7. The van der Waals surface area contributed by atoms with Crippen LogP contribution in [0.25, 0.3) is 0 Å². The largest absolute Gasteiger partial charge is 0.465 e. The Morgan fingerprint density at radius 1 is 1.27 bits per heavy atom. The molecule has 0 spiro atoms. The zero-order chi connectivity index (χ0) is 16.3. The van der Waals surface area contributed by atoms with Crippen molar-refractivity contribution in [1.82, 2.24) is 4.90 Å². The fraction of sp³-hybridized carbons (Fsp3) is 0.588. The molecule has 1 aliphatic heterocycles. The van der Waals surface area contributed by atoms with E-state index in [0.717, 1.165) is 18.4 Å². The summed E-state index contributed by atoms with van der Waals surface area (Å²) in [5.41, 5.74) is 1.04. The Balaban J connectivity index is 2.34. The summed E-state index contributed by atoms with van der Waals surface area (Å²) >= 11 is 5.96. The van der Waals surface area contributed by atoms with Crippen molar-refractivity contribution in [3.05, 3.63) is 34.9 Å². The SMILES string of the molecule is CCC(CC)C1CN(C(=O)O)CC(O)C1c1ccc(Cl)cc1. The molecular formula is C17H24ClNO3. The Morgan fingerprint density at radius 2 is 1.86 bits per heavy atom. The highest BCUT2D eigenvalue weighted by molar-refractivity contribution is 6.30. The van der Waals surface area contributed by atoms with E-state index in [0.29, 0.717) is 17.5 Å². The zero-order valence-corrected chi connectivity index (χ0v) is 13.8. The maximum Gasteiger partial charge on any atom is 0.407 e. The van der Waals surface area contributed by atoms with Crippen LogP contribution in [0.3, 0.4) is 0 Å². The summed E-state index contributed by atoms with van der Waals surface area (Å²) in [5, 5.41) is 20.5. The Morgan fingerprint density at radius 3 is 2.36 bits per heavy atom. The molecule has 1 fully saturated rings. The van der Waals surface area contributed by atoms with Crippen molar-refractivity contribution >= 4 is 17.7 Å². The van der Waals surface area contributed by atoms with E-state index in [1.807, 2.05) is 24.3 Å². The van der Waals surface area contributed by atoms with Gasteiger partial charge in [0.05, 0.1) is 12.6 Å². The number of aliphatic hydroxyl groups is 1. The lowest BCUT2D eigenvalue weighted by molar-refractivity contribution is 0.00280. The van der Waals surface area contributed by atoms with Gasteiger partial charge >= 0.3 is 6.09 Å². The first-order valence-corrected chi connectivity index (χ1v) is 8.27. The summed E-state index contributed by atoms with van der Waals surface area (Å²) in [6, 6.07) is 7.55. The topological polar surface area (TPSA) is 60.8 Å². The molecule has 3 unspecified atom stereocenters. The van der Waals surface area contributed by atoms with E-state index in [1.54, 1.807) is 0 Å². The van der Waals surface area contributed by atoms with Crippen molar-refractivity contribution in [3.63, 3.8) is 0 Å². The van der Waals surface area contributed by atoms with Gasteiger partial charge in [-0.1, -0.05) is 50.4 Å². The number of halogens is 1. The van der Waals surface area contributed by atoms with Gasteiger partial charge in [0.25, 0.3) is 0 Å². The van der Waals surface area contributed by atoms with Gasteiger partial charge in [0.15, 0.2) is 0 Å². The summed E-state index contributed by atoms with van der Waals surface area (Å²) in [7, 11) is 0. The fourth-order valence-corrected chi connectivity index (χ4v) is 3.84. The van der Waals surface area contributed by atoms with E-state index >= 15 is 0 Å². The summed E-state index contributed by atoms with van der Waals surface area (Å²) in [5.74, 6) is 0.464. The summed E-state index contributed by atoms with van der Waals surface area (Å²) < 4.78 is 0. The minimum atomic E-state index is -0.954. The van der Waals surface area contributed by atoms with Gasteiger partial charge in [-0.3, -0.25) is 0 Å². The molecule has 4 nitrogen and oxygen atoms in total. The van der Waals surface area contributed by atoms with E-state index < -0.39 is 12.2 Å². The number of amides is 1. The second-order valence-electron chi connectivity index (χ2n) is 6.07. The van der Waals surface area contributed by atoms with Crippen molar-refractivity contribution in [2.75, 3.05) is 13.1 Å². The third-order valence-electron chi connectivity index (χ3n) is 4.89. The number of hydrogen-bond donors (Lipinski definition) is 2. The average Bonchev–Trinajstić information content (AvgIpc) is 2.49. The predicted molar refractivity (Wildman–Crippen MR) is 87.4 cm³/mol. The highest BCUT2D eigenvalue weighted by Crippen LogP contribution is 2.40. The molecule has 22 heavy (non-hydrogen) atoms. The van der Waals surface area contributed by atoms with E-state index in [1.165, 1.54) is 4.90 Å². The van der Waals surface area contributed by atoms with Gasteiger partial charge in [0.1, 0.15) is 0 Å². The zero-order valence-electron chi connectivity index (χ0n) is 13.1. The molecule has 1 aromatic rings. The molecule has 2 rings (SSSR count). The fourth-order valence-electron chi connectivity index (χ4n) is 3.71. The summed E-state index contributed by atoms with van der Waals surface area (Å²) in [6.07, 6.45) is 0.317. The normalized spacial score (nSPS) is 25.5. The lowest BCUT2D eigenvalue weighted by Crippen LogP contribution is -2.51. The van der Waals surface area contributed by atoms with Crippen LogP contribution in [0.4, 0.5) is 4.79 Å². The predicted octanol–water partition coefficient (Wildman–Crippen LogP) is 3.83. The maximum absolute atomic E-state index is 11.3. The molecule has 2 N–H and O–H groups in total. The van der Waals surface area contributed by atoms with Crippen LogP contribution in [0.15, 0.2) is 24.3 Å². The first-order valence-electron chi connectivity index (χ1n) is 7.89. The third kappa shape index (κ3) is 3.55. The second-order valence-corrected chi connectivity index (χ2v) is 6.51. The second kappa shape index (κ2) is 7.34. The van der Waals surface area contributed by atoms with Crippen LogP contribution < -0.4 is 0 Å². The first kappa shape index (κ1) is 17.1. The Kier molecular flexibility index (Phi) is 5.70. The van der Waals surface area contributed by atoms with Crippen molar-refractivity contribution in [2.45, 2.75) is 38.7 Å². The van der Waals surface area contributed by atoms with Gasteiger partial charge in [0.2, 0.25) is 0 Å². The molecule has 0 bridgehead atoms. The molecule has 122 valence electrons. The van der Waals surface area contributed by atoms with Gasteiger partial charge in [-0.2, -0.15) is 0 Å². The molecule has 5 heteroatoms. The Bertz CT molecular complexity index is 501. The van der Waals surface area contributed by atoms with Crippen molar-refractivity contribution < 1.29 is 15.0 Å². The number of carbonyl (C=O) groups is 1. The van der Waals surface area contributed by atoms with Gasteiger partial charge in [-0.25, -0.2) is 4.79 Å². The number of aliphatic hydroxyl groups excluding tert-OH is 1. The number of piperidine rings is 1. The number of rotatable bonds is 4. The lowest BCUT2D eigenvalue weighted by atomic mass is 9.71. The quantitative estimate of drug-likeness (QED) is 0.884. The Hall–Kier alpha value is -1.26. The molecule has 3 atom stereocenters. The average molecular weight is 326 g/mol. The number of carboxylic acid groups (broad SMARTS) is 1. The molecule has 1 heterocycles. The van der Waals surface area contributed by atoms with Crippen LogP contribution in [-0.4, -0.2) is 40.4 Å². The van der Waals surface area contributed by atoms with Gasteiger partial charge in [0, 0.05) is 17.5 Å². The number of β-amino-alcohol motifs (C(OH)–C–C–N with tert-alkyl or cyclic N) is 1. The monoisotopic (exact) mass is 325 g/mol. The molecule has 1 saturated heterocycles. The number of benzene rings is 1. The molecule has 0 aromatic heterocycles. The van der Waals surface area contributed by atoms with Crippen LogP contribution in [-0.2, 0) is 0 Å². The third-order valence-corrected chi connectivity index (χ3v) is 5.15. The van der Waals surface area contributed by atoms with Crippen molar-refractivity contribution in [2.24, 2.45) is 11.8 Å². The minimum absolute atomic E-state index is 0.0437. The van der Waals surface area contributed by atoms with Crippen LogP contribution >= 0.6 is 11.6 Å². The van der Waals surface area contributed by atoms with Crippen LogP contribution in [0, 0.1) is 11.8 Å².